The number of para-hydroxylation sites is 1. The van der Waals surface area contributed by atoms with Crippen molar-refractivity contribution in [1.82, 2.24) is 20.4 Å². The average Bonchev–Trinajstić information content (AvgIpc) is 3.32. The molecule has 0 saturated heterocycles. The first-order valence-electron chi connectivity index (χ1n) is 9.16. The highest BCUT2D eigenvalue weighted by Crippen LogP contribution is 2.27. The van der Waals surface area contributed by atoms with Crippen molar-refractivity contribution < 1.29 is 4.79 Å². The van der Waals surface area contributed by atoms with E-state index in [0.717, 1.165) is 44.7 Å². The van der Waals surface area contributed by atoms with Gasteiger partial charge in [0, 0.05) is 44.3 Å². The smallest absolute Gasteiger partial charge is 0.248 e. The average molecular weight is 482 g/mol. The monoisotopic (exact) mass is 482 g/mol. The van der Waals surface area contributed by atoms with Crippen LogP contribution >= 0.6 is 24.0 Å². The van der Waals surface area contributed by atoms with E-state index in [1.165, 1.54) is 5.56 Å². The van der Waals surface area contributed by atoms with Gasteiger partial charge in [-0.25, -0.2) is 4.99 Å². The van der Waals surface area contributed by atoms with Crippen LogP contribution in [0.15, 0.2) is 47.7 Å². The minimum Gasteiger partial charge on any atom is -0.357 e. The quantitative estimate of drug-likeness (QED) is 0.274. The molecule has 0 bridgehead atoms. The fourth-order valence-electron chi connectivity index (χ4n) is 3.05. The lowest BCUT2D eigenvalue weighted by molar-refractivity contribution is -0.117. The number of nitrogens with zero attached hydrogens (tertiary/aromatic N) is 4. The number of guanidine groups is 1. The summed E-state index contributed by atoms with van der Waals surface area (Å²) in [6, 6.07) is 9.99. The first kappa shape index (κ1) is 21.2. The third kappa shape index (κ3) is 5.95. The number of aromatic nitrogens is 2. The van der Waals surface area contributed by atoms with Crippen molar-refractivity contribution in [2.45, 2.75) is 26.3 Å². The Morgan fingerprint density at radius 3 is 2.89 bits per heavy atom. The number of halogens is 1. The molecule has 8 heteroatoms. The minimum atomic E-state index is 0. The van der Waals surface area contributed by atoms with Crippen LogP contribution in [0.3, 0.4) is 0 Å². The van der Waals surface area contributed by atoms with E-state index in [9.17, 15) is 4.79 Å². The van der Waals surface area contributed by atoms with E-state index in [4.69, 9.17) is 0 Å². The van der Waals surface area contributed by atoms with Crippen LogP contribution in [0, 0.1) is 0 Å². The zero-order chi connectivity index (χ0) is 18.2. The summed E-state index contributed by atoms with van der Waals surface area (Å²) in [5, 5.41) is 10.6. The van der Waals surface area contributed by atoms with E-state index >= 15 is 0 Å². The van der Waals surface area contributed by atoms with Crippen LogP contribution in [0.5, 0.6) is 0 Å². The Morgan fingerprint density at radius 1 is 1.26 bits per heavy atom. The van der Waals surface area contributed by atoms with Gasteiger partial charge in [0.15, 0.2) is 5.96 Å². The Hall–Kier alpha value is -2.10. The van der Waals surface area contributed by atoms with Gasteiger partial charge in [-0.15, -0.1) is 24.0 Å². The van der Waals surface area contributed by atoms with E-state index in [1.54, 1.807) is 6.20 Å². The molecule has 0 fully saturated rings. The molecule has 1 aliphatic rings. The molecule has 2 N–H and O–H groups in total. The predicted octanol–water partition coefficient (Wildman–Crippen LogP) is 2.04. The summed E-state index contributed by atoms with van der Waals surface area (Å²) >= 11 is 0. The number of aliphatic imine (C=N–C) groups is 1. The van der Waals surface area contributed by atoms with Crippen molar-refractivity contribution in [3.8, 4) is 0 Å². The van der Waals surface area contributed by atoms with Crippen LogP contribution in [0.2, 0.25) is 0 Å². The van der Waals surface area contributed by atoms with E-state index in [2.05, 4.69) is 26.8 Å². The second-order valence-corrected chi connectivity index (χ2v) is 6.17. The molecule has 0 aliphatic carbocycles. The van der Waals surface area contributed by atoms with Crippen LogP contribution < -0.4 is 15.5 Å². The number of aryl methyl sites for hydroxylation is 1. The fraction of sp³-hybridized carbons (Fsp3) is 0.421. The number of carbonyl (C=O) groups is 1. The Bertz CT molecular complexity index is 746. The van der Waals surface area contributed by atoms with Crippen LogP contribution in [0.25, 0.3) is 0 Å². The van der Waals surface area contributed by atoms with E-state index in [1.807, 2.05) is 47.0 Å². The largest absolute Gasteiger partial charge is 0.357 e. The van der Waals surface area contributed by atoms with Crippen molar-refractivity contribution >= 4 is 41.5 Å². The van der Waals surface area contributed by atoms with Gasteiger partial charge in [0.2, 0.25) is 5.91 Å². The zero-order valence-corrected chi connectivity index (χ0v) is 17.9. The Kier molecular flexibility index (Phi) is 8.56. The lowest BCUT2D eigenvalue weighted by Gasteiger charge is -2.17. The normalized spacial score (nSPS) is 13.1. The molecule has 27 heavy (non-hydrogen) atoms. The number of amides is 1. The van der Waals surface area contributed by atoms with Gasteiger partial charge in [-0.2, -0.15) is 5.10 Å². The van der Waals surface area contributed by atoms with Gasteiger partial charge in [-0.05, 0) is 37.5 Å². The highest BCUT2D eigenvalue weighted by molar-refractivity contribution is 14.0. The predicted molar refractivity (Wildman–Crippen MR) is 119 cm³/mol. The standard InChI is InChI=1S/C19H26N6O.HI/c1-2-20-19(21-10-5-12-24-13-6-11-23-24)22-15-18(26)25-14-9-16-7-3-4-8-17(16)25;/h3-4,6-8,11,13H,2,5,9-10,12,14-15H2,1H3,(H2,20,21,22);1H. The van der Waals surface area contributed by atoms with Crippen molar-refractivity contribution in [3.63, 3.8) is 0 Å². The summed E-state index contributed by atoms with van der Waals surface area (Å²) in [6.07, 6.45) is 5.57. The molecule has 0 unspecified atom stereocenters. The summed E-state index contributed by atoms with van der Waals surface area (Å²) < 4.78 is 1.90. The minimum absolute atomic E-state index is 0. The molecule has 1 aliphatic heterocycles. The molecule has 0 atom stereocenters. The second kappa shape index (κ2) is 10.9. The highest BCUT2D eigenvalue weighted by atomic mass is 127. The first-order chi connectivity index (χ1) is 12.8. The van der Waals surface area contributed by atoms with Crippen molar-refractivity contribution in [1.29, 1.82) is 0 Å². The molecule has 0 saturated carbocycles. The van der Waals surface area contributed by atoms with E-state index < -0.39 is 0 Å². The molecule has 0 spiro atoms. The van der Waals surface area contributed by atoms with Gasteiger partial charge in [-0.1, -0.05) is 18.2 Å². The third-order valence-corrected chi connectivity index (χ3v) is 4.32. The summed E-state index contributed by atoms with van der Waals surface area (Å²) in [4.78, 5) is 18.8. The van der Waals surface area contributed by atoms with Crippen molar-refractivity contribution in [2.75, 3.05) is 31.1 Å². The summed E-state index contributed by atoms with van der Waals surface area (Å²) in [6.45, 7) is 5.27. The fourth-order valence-corrected chi connectivity index (χ4v) is 3.05. The first-order valence-corrected chi connectivity index (χ1v) is 9.16. The maximum absolute atomic E-state index is 12.6. The molecule has 1 amide bonds. The SMILES string of the molecule is CCNC(=NCC(=O)N1CCc2ccccc21)NCCCn1cccn1.I. The molecule has 3 rings (SSSR count). The van der Waals surface area contributed by atoms with Gasteiger partial charge >= 0.3 is 0 Å². The van der Waals surface area contributed by atoms with Gasteiger partial charge < -0.3 is 15.5 Å². The number of anilines is 1. The molecule has 7 nitrogen and oxygen atoms in total. The lowest BCUT2D eigenvalue weighted by atomic mass is 10.2. The van der Waals surface area contributed by atoms with Gasteiger partial charge in [0.05, 0.1) is 0 Å². The van der Waals surface area contributed by atoms with Crippen LogP contribution in [-0.4, -0.2) is 47.8 Å². The number of benzene rings is 1. The molecular weight excluding hydrogens is 455 g/mol. The maximum Gasteiger partial charge on any atom is 0.248 e. The lowest BCUT2D eigenvalue weighted by Crippen LogP contribution is -2.39. The van der Waals surface area contributed by atoms with Crippen molar-refractivity contribution in [3.05, 3.63) is 48.3 Å². The van der Waals surface area contributed by atoms with E-state index in [0.29, 0.717) is 5.96 Å². The molecule has 146 valence electrons. The number of nitrogens with one attached hydrogen (secondary N) is 2. The number of rotatable bonds is 7. The molecule has 2 heterocycles. The molecular formula is C19H27IN6O. The van der Waals surface area contributed by atoms with Gasteiger partial charge in [0.1, 0.15) is 6.54 Å². The Balaban J connectivity index is 0.00000261. The number of hydrogen-bond acceptors (Lipinski definition) is 3. The Morgan fingerprint density at radius 2 is 2.11 bits per heavy atom. The molecule has 2 aromatic rings. The molecule has 1 aromatic heterocycles. The Labute approximate surface area is 177 Å². The topological polar surface area (TPSA) is 74.6 Å². The van der Waals surface area contributed by atoms with Crippen LogP contribution in [-0.2, 0) is 17.8 Å². The van der Waals surface area contributed by atoms with Gasteiger partial charge in [0.25, 0.3) is 0 Å². The summed E-state index contributed by atoms with van der Waals surface area (Å²) in [5.74, 6) is 0.706. The van der Waals surface area contributed by atoms with Crippen LogP contribution in [0.4, 0.5) is 5.69 Å². The maximum atomic E-state index is 12.6. The molecule has 0 radical (unpaired) electrons. The summed E-state index contributed by atoms with van der Waals surface area (Å²) in [5.41, 5.74) is 2.25. The third-order valence-electron chi connectivity index (χ3n) is 4.32. The van der Waals surface area contributed by atoms with E-state index in [-0.39, 0.29) is 36.4 Å². The molecule has 1 aromatic carbocycles. The van der Waals surface area contributed by atoms with Crippen LogP contribution in [0.1, 0.15) is 18.9 Å². The van der Waals surface area contributed by atoms with Gasteiger partial charge in [-0.3, -0.25) is 9.48 Å². The second-order valence-electron chi connectivity index (χ2n) is 6.17. The van der Waals surface area contributed by atoms with Crippen molar-refractivity contribution in [2.24, 2.45) is 4.99 Å². The summed E-state index contributed by atoms with van der Waals surface area (Å²) in [7, 11) is 0. The highest BCUT2D eigenvalue weighted by Gasteiger charge is 2.23. The number of fused-ring (bicyclic) bond motifs is 1. The zero-order valence-electron chi connectivity index (χ0n) is 15.6. The number of carbonyl (C=O) groups excluding carboxylic acids is 1. The number of hydrogen-bond donors (Lipinski definition) is 2.